The van der Waals surface area contributed by atoms with Crippen LogP contribution in [0.1, 0.15) is 31.4 Å². The van der Waals surface area contributed by atoms with Gasteiger partial charge in [-0.25, -0.2) is 4.39 Å². The van der Waals surface area contributed by atoms with E-state index in [-0.39, 0.29) is 5.56 Å². The van der Waals surface area contributed by atoms with Crippen molar-refractivity contribution in [3.05, 3.63) is 35.1 Å². The van der Waals surface area contributed by atoms with Crippen LogP contribution in [0.25, 0.3) is 0 Å². The van der Waals surface area contributed by atoms with E-state index in [1.807, 2.05) is 17.8 Å². The molecular formula is C14H19FN2S. The summed E-state index contributed by atoms with van der Waals surface area (Å²) in [6.07, 6.45) is 1.07. The van der Waals surface area contributed by atoms with Crippen LogP contribution in [-0.2, 0) is 6.54 Å². The lowest BCUT2D eigenvalue weighted by atomic mass is 10.1. The highest BCUT2D eigenvalue weighted by molar-refractivity contribution is 7.99. The molecule has 0 saturated carbocycles. The lowest BCUT2D eigenvalue weighted by molar-refractivity contribution is 0.518. The molecular weight excluding hydrogens is 247 g/mol. The molecule has 18 heavy (non-hydrogen) atoms. The lowest BCUT2D eigenvalue weighted by Crippen LogP contribution is -2.26. The molecule has 0 saturated heterocycles. The molecule has 0 aliphatic heterocycles. The van der Waals surface area contributed by atoms with Crippen LogP contribution < -0.4 is 5.32 Å². The van der Waals surface area contributed by atoms with Gasteiger partial charge < -0.3 is 5.32 Å². The summed E-state index contributed by atoms with van der Waals surface area (Å²) in [5.41, 5.74) is 0.674. The Balaban J connectivity index is 2.46. The summed E-state index contributed by atoms with van der Waals surface area (Å²) in [4.78, 5) is 0. The summed E-state index contributed by atoms with van der Waals surface area (Å²) in [5, 5.41) is 12.0. The molecule has 0 bridgehead atoms. The topological polar surface area (TPSA) is 35.8 Å². The predicted molar refractivity (Wildman–Crippen MR) is 75.0 cm³/mol. The molecule has 0 radical (unpaired) electrons. The van der Waals surface area contributed by atoms with Crippen LogP contribution in [0.2, 0.25) is 0 Å². The van der Waals surface area contributed by atoms with E-state index >= 15 is 0 Å². The number of hydrogen-bond acceptors (Lipinski definition) is 3. The Labute approximate surface area is 113 Å². The van der Waals surface area contributed by atoms with Gasteiger partial charge in [0.05, 0.1) is 5.56 Å². The van der Waals surface area contributed by atoms with Crippen LogP contribution in [-0.4, -0.2) is 17.5 Å². The van der Waals surface area contributed by atoms with Gasteiger partial charge in [-0.05, 0) is 30.9 Å². The van der Waals surface area contributed by atoms with E-state index in [4.69, 9.17) is 5.26 Å². The Morgan fingerprint density at radius 3 is 2.94 bits per heavy atom. The standard InChI is InChI=1S/C14H19FN2S/c1-3-18-8-7-11(2)17-10-13-6-4-5-12(9-16)14(13)15/h4-6,11,17H,3,7-8,10H2,1-2H3. The van der Waals surface area contributed by atoms with Gasteiger partial charge in [-0.2, -0.15) is 17.0 Å². The van der Waals surface area contributed by atoms with Crippen molar-refractivity contribution >= 4 is 11.8 Å². The molecule has 1 atom stereocenters. The number of benzene rings is 1. The smallest absolute Gasteiger partial charge is 0.145 e. The average molecular weight is 266 g/mol. The van der Waals surface area contributed by atoms with Crippen LogP contribution in [0.15, 0.2) is 18.2 Å². The minimum Gasteiger partial charge on any atom is -0.310 e. The van der Waals surface area contributed by atoms with Crippen LogP contribution in [0, 0.1) is 17.1 Å². The van der Waals surface area contributed by atoms with Gasteiger partial charge in [0, 0.05) is 18.2 Å². The number of rotatable bonds is 7. The van der Waals surface area contributed by atoms with Crippen molar-refractivity contribution in [1.82, 2.24) is 5.32 Å². The molecule has 0 aliphatic carbocycles. The van der Waals surface area contributed by atoms with Gasteiger partial charge >= 0.3 is 0 Å². The van der Waals surface area contributed by atoms with Gasteiger partial charge in [0.1, 0.15) is 11.9 Å². The maximum atomic E-state index is 13.8. The lowest BCUT2D eigenvalue weighted by Gasteiger charge is -2.14. The van der Waals surface area contributed by atoms with Crippen LogP contribution in [0.3, 0.4) is 0 Å². The summed E-state index contributed by atoms with van der Waals surface area (Å²) in [6, 6.07) is 7.15. The molecule has 0 aliphatic rings. The fourth-order valence-corrected chi connectivity index (χ4v) is 2.40. The number of nitrogens with one attached hydrogen (secondary N) is 1. The van der Waals surface area contributed by atoms with Crippen LogP contribution >= 0.6 is 11.8 Å². The molecule has 0 amide bonds. The van der Waals surface area contributed by atoms with Gasteiger partial charge in [0.2, 0.25) is 0 Å². The molecule has 1 N–H and O–H groups in total. The summed E-state index contributed by atoms with van der Waals surface area (Å²) < 4.78 is 13.8. The van der Waals surface area contributed by atoms with Crippen molar-refractivity contribution in [3.63, 3.8) is 0 Å². The molecule has 4 heteroatoms. The zero-order chi connectivity index (χ0) is 13.4. The largest absolute Gasteiger partial charge is 0.310 e. The van der Waals surface area contributed by atoms with Crippen molar-refractivity contribution in [2.45, 2.75) is 32.9 Å². The third-order valence-corrected chi connectivity index (χ3v) is 3.67. The molecule has 0 aromatic heterocycles. The average Bonchev–Trinajstić information content (AvgIpc) is 2.38. The summed E-state index contributed by atoms with van der Waals surface area (Å²) in [7, 11) is 0. The van der Waals surface area contributed by atoms with Crippen LogP contribution in [0.4, 0.5) is 4.39 Å². The molecule has 1 aromatic carbocycles. The Kier molecular flexibility index (Phi) is 6.77. The Morgan fingerprint density at radius 2 is 2.28 bits per heavy atom. The van der Waals surface area contributed by atoms with E-state index in [1.54, 1.807) is 12.1 Å². The second-order valence-electron chi connectivity index (χ2n) is 4.16. The molecule has 0 fully saturated rings. The van der Waals surface area contributed by atoms with Crippen molar-refractivity contribution in [2.24, 2.45) is 0 Å². The first-order valence-electron chi connectivity index (χ1n) is 6.17. The normalized spacial score (nSPS) is 12.1. The van der Waals surface area contributed by atoms with E-state index in [9.17, 15) is 4.39 Å². The van der Waals surface area contributed by atoms with Crippen molar-refractivity contribution in [1.29, 1.82) is 5.26 Å². The van der Waals surface area contributed by atoms with E-state index < -0.39 is 5.82 Å². The summed E-state index contributed by atoms with van der Waals surface area (Å²) in [5.74, 6) is 1.85. The van der Waals surface area contributed by atoms with E-state index in [0.29, 0.717) is 18.2 Å². The molecule has 1 rings (SSSR count). The highest BCUT2D eigenvalue weighted by Crippen LogP contribution is 2.12. The predicted octanol–water partition coefficient (Wildman–Crippen LogP) is 3.32. The maximum absolute atomic E-state index is 13.8. The Hall–Kier alpha value is -1.05. The molecule has 1 unspecified atom stereocenters. The maximum Gasteiger partial charge on any atom is 0.145 e. The minimum absolute atomic E-state index is 0.114. The third kappa shape index (κ3) is 4.67. The Morgan fingerprint density at radius 1 is 1.50 bits per heavy atom. The number of nitriles is 1. The number of nitrogens with zero attached hydrogens (tertiary/aromatic N) is 1. The summed E-state index contributed by atoms with van der Waals surface area (Å²) >= 11 is 1.91. The summed E-state index contributed by atoms with van der Waals surface area (Å²) in [6.45, 7) is 4.72. The van der Waals surface area contributed by atoms with E-state index in [2.05, 4.69) is 19.2 Å². The molecule has 0 heterocycles. The molecule has 98 valence electrons. The number of halogens is 1. The Bertz CT molecular complexity index is 415. The molecule has 1 aromatic rings. The monoisotopic (exact) mass is 266 g/mol. The fourth-order valence-electron chi connectivity index (χ4n) is 1.59. The third-order valence-electron chi connectivity index (χ3n) is 2.74. The fraction of sp³-hybridized carbons (Fsp3) is 0.500. The highest BCUT2D eigenvalue weighted by atomic mass is 32.2. The SMILES string of the molecule is CCSCCC(C)NCc1cccc(C#N)c1F. The first kappa shape index (κ1) is 15.0. The van der Waals surface area contributed by atoms with Crippen molar-refractivity contribution < 1.29 is 4.39 Å². The first-order chi connectivity index (χ1) is 8.69. The number of thioether (sulfide) groups is 1. The highest BCUT2D eigenvalue weighted by Gasteiger charge is 2.08. The van der Waals surface area contributed by atoms with Crippen LogP contribution in [0.5, 0.6) is 0 Å². The molecule has 0 spiro atoms. The van der Waals surface area contributed by atoms with E-state index in [0.717, 1.165) is 17.9 Å². The van der Waals surface area contributed by atoms with Gasteiger partial charge in [0.15, 0.2) is 0 Å². The number of hydrogen-bond donors (Lipinski definition) is 1. The van der Waals surface area contributed by atoms with E-state index in [1.165, 1.54) is 6.07 Å². The van der Waals surface area contributed by atoms with Crippen molar-refractivity contribution in [3.8, 4) is 6.07 Å². The van der Waals surface area contributed by atoms with Gasteiger partial charge in [-0.15, -0.1) is 0 Å². The zero-order valence-corrected chi connectivity index (χ0v) is 11.7. The van der Waals surface area contributed by atoms with Gasteiger partial charge in [-0.1, -0.05) is 19.1 Å². The zero-order valence-electron chi connectivity index (χ0n) is 10.9. The first-order valence-corrected chi connectivity index (χ1v) is 7.33. The minimum atomic E-state index is -0.400. The van der Waals surface area contributed by atoms with Crippen molar-refractivity contribution in [2.75, 3.05) is 11.5 Å². The van der Waals surface area contributed by atoms with Gasteiger partial charge in [0.25, 0.3) is 0 Å². The second kappa shape index (κ2) is 8.12. The van der Waals surface area contributed by atoms with Gasteiger partial charge in [-0.3, -0.25) is 0 Å². The molecule has 2 nitrogen and oxygen atoms in total. The second-order valence-corrected chi connectivity index (χ2v) is 5.55. The quantitative estimate of drug-likeness (QED) is 0.769.